The zero-order valence-electron chi connectivity index (χ0n) is 11.1. The highest BCUT2D eigenvalue weighted by Crippen LogP contribution is 2.25. The van der Waals surface area contributed by atoms with Gasteiger partial charge in [0.1, 0.15) is 0 Å². The average molecular weight is 209 g/mol. The van der Waals surface area contributed by atoms with Crippen molar-refractivity contribution in [2.75, 3.05) is 13.1 Å². The van der Waals surface area contributed by atoms with Crippen molar-refractivity contribution in [3.63, 3.8) is 0 Å². The maximum atomic E-state index is 3.86. The molecule has 0 aromatic heterocycles. The van der Waals surface area contributed by atoms with Crippen molar-refractivity contribution in [1.29, 1.82) is 0 Å². The van der Waals surface area contributed by atoms with E-state index in [1.165, 1.54) is 25.1 Å². The van der Waals surface area contributed by atoms with Crippen molar-refractivity contribution in [1.82, 2.24) is 4.90 Å². The Bertz CT molecular complexity index is 203. The summed E-state index contributed by atoms with van der Waals surface area (Å²) in [6.07, 6.45) is 5.50. The van der Waals surface area contributed by atoms with Crippen LogP contribution in [0.3, 0.4) is 0 Å². The van der Waals surface area contributed by atoms with Gasteiger partial charge in [0.2, 0.25) is 0 Å². The van der Waals surface area contributed by atoms with Gasteiger partial charge in [-0.3, -0.25) is 0 Å². The van der Waals surface area contributed by atoms with Crippen molar-refractivity contribution >= 4 is 0 Å². The molecule has 88 valence electrons. The van der Waals surface area contributed by atoms with Gasteiger partial charge in [-0.05, 0) is 45.2 Å². The highest BCUT2D eigenvalue weighted by atomic mass is 15.2. The maximum Gasteiger partial charge on any atom is 0.00533 e. The lowest BCUT2D eigenvalue weighted by molar-refractivity contribution is 0.269. The van der Waals surface area contributed by atoms with Crippen molar-refractivity contribution in [3.05, 3.63) is 24.3 Å². The molecule has 1 atom stereocenters. The van der Waals surface area contributed by atoms with E-state index in [-0.39, 0.29) is 0 Å². The molecule has 0 aromatic rings. The fourth-order valence-electron chi connectivity index (χ4n) is 2.05. The van der Waals surface area contributed by atoms with Crippen LogP contribution in [0.2, 0.25) is 0 Å². The van der Waals surface area contributed by atoms with E-state index in [0.717, 1.165) is 5.92 Å². The third-order valence-electron chi connectivity index (χ3n) is 2.99. The molecule has 1 heterocycles. The molecule has 0 aromatic carbocycles. The van der Waals surface area contributed by atoms with Crippen molar-refractivity contribution < 1.29 is 0 Å². The molecule has 1 unspecified atom stereocenters. The third-order valence-corrected chi connectivity index (χ3v) is 2.99. The molecule has 1 heteroatoms. The van der Waals surface area contributed by atoms with Gasteiger partial charge in [0.05, 0.1) is 0 Å². The van der Waals surface area contributed by atoms with Crippen LogP contribution in [0.4, 0.5) is 0 Å². The molecule has 15 heavy (non-hydrogen) atoms. The van der Waals surface area contributed by atoms with Crippen LogP contribution in [-0.2, 0) is 0 Å². The largest absolute Gasteiger partial charge is 0.300 e. The van der Waals surface area contributed by atoms with Crippen LogP contribution in [-0.4, -0.2) is 24.0 Å². The molecule has 0 radical (unpaired) electrons. The summed E-state index contributed by atoms with van der Waals surface area (Å²) >= 11 is 0. The van der Waals surface area contributed by atoms with Gasteiger partial charge in [0, 0.05) is 12.6 Å². The standard InChI is InChI=1S/C12H21N.C2H6/c1-5-11(6-2)12-7-8-13(9-12)10(3)4;1-2/h5-6,10,12H,1,7-9H2,2-4H3;1-2H3/b11-6+;. The number of likely N-dealkylation sites (tertiary alicyclic amines) is 1. The molecular formula is C14H27N. The van der Waals surface area contributed by atoms with E-state index in [4.69, 9.17) is 0 Å². The fourth-order valence-corrected chi connectivity index (χ4v) is 2.05. The highest BCUT2D eigenvalue weighted by molar-refractivity contribution is 5.20. The lowest BCUT2D eigenvalue weighted by atomic mass is 9.98. The molecular weight excluding hydrogens is 182 g/mol. The van der Waals surface area contributed by atoms with Crippen LogP contribution in [0, 0.1) is 5.92 Å². The molecule has 1 aliphatic rings. The third kappa shape index (κ3) is 4.21. The zero-order valence-corrected chi connectivity index (χ0v) is 11.1. The maximum absolute atomic E-state index is 3.86. The van der Waals surface area contributed by atoms with Crippen LogP contribution in [0.1, 0.15) is 41.0 Å². The Labute approximate surface area is 95.9 Å². The molecule has 1 aliphatic heterocycles. The summed E-state index contributed by atoms with van der Waals surface area (Å²) in [4.78, 5) is 2.54. The van der Waals surface area contributed by atoms with Crippen LogP contribution in [0.5, 0.6) is 0 Å². The molecule has 0 bridgehead atoms. The number of hydrogen-bond donors (Lipinski definition) is 0. The van der Waals surface area contributed by atoms with Crippen LogP contribution in [0.15, 0.2) is 24.3 Å². The summed E-state index contributed by atoms with van der Waals surface area (Å²) in [5.74, 6) is 0.727. The lowest BCUT2D eigenvalue weighted by Crippen LogP contribution is -2.28. The Balaban J connectivity index is 0.000000921. The average Bonchev–Trinajstić information content (AvgIpc) is 2.72. The summed E-state index contributed by atoms with van der Waals surface area (Å²) in [5.41, 5.74) is 1.42. The van der Waals surface area contributed by atoms with E-state index in [2.05, 4.69) is 38.3 Å². The first kappa shape index (κ1) is 14.4. The van der Waals surface area contributed by atoms with Gasteiger partial charge in [-0.15, -0.1) is 0 Å². The van der Waals surface area contributed by atoms with Gasteiger partial charge in [0.15, 0.2) is 0 Å². The molecule has 0 amide bonds. The van der Waals surface area contributed by atoms with Gasteiger partial charge in [-0.2, -0.15) is 0 Å². The molecule has 1 fully saturated rings. The smallest absolute Gasteiger partial charge is 0.00533 e. The SMILES string of the molecule is C=C/C(=C\C)C1CCN(C(C)C)C1.CC. The van der Waals surface area contributed by atoms with Crippen molar-refractivity contribution in [2.45, 2.75) is 47.1 Å². The minimum Gasteiger partial charge on any atom is -0.300 e. The molecule has 0 spiro atoms. The molecule has 1 nitrogen and oxygen atoms in total. The molecule has 0 N–H and O–H groups in total. The Hall–Kier alpha value is -0.560. The normalized spacial score (nSPS) is 22.5. The highest BCUT2D eigenvalue weighted by Gasteiger charge is 2.25. The Kier molecular flexibility index (Phi) is 7.41. The molecule has 0 aliphatic carbocycles. The van der Waals surface area contributed by atoms with Gasteiger partial charge in [-0.25, -0.2) is 0 Å². The lowest BCUT2D eigenvalue weighted by Gasteiger charge is -2.20. The minimum atomic E-state index is 0.688. The Morgan fingerprint density at radius 3 is 2.33 bits per heavy atom. The second kappa shape index (κ2) is 7.70. The van der Waals surface area contributed by atoms with E-state index in [9.17, 15) is 0 Å². The fraction of sp³-hybridized carbons (Fsp3) is 0.714. The molecule has 0 saturated carbocycles. The van der Waals surface area contributed by atoms with Crippen molar-refractivity contribution in [2.24, 2.45) is 5.92 Å². The topological polar surface area (TPSA) is 3.24 Å². The van der Waals surface area contributed by atoms with Gasteiger partial charge < -0.3 is 4.90 Å². The van der Waals surface area contributed by atoms with Gasteiger partial charge in [0.25, 0.3) is 0 Å². The summed E-state index contributed by atoms with van der Waals surface area (Å²) < 4.78 is 0. The first-order valence-electron chi connectivity index (χ1n) is 6.21. The summed E-state index contributed by atoms with van der Waals surface area (Å²) in [6.45, 7) is 17.0. The predicted octanol–water partition coefficient (Wildman–Crippen LogP) is 3.88. The van der Waals surface area contributed by atoms with Crippen LogP contribution < -0.4 is 0 Å². The van der Waals surface area contributed by atoms with E-state index in [1.54, 1.807) is 0 Å². The number of allylic oxidation sites excluding steroid dienone is 2. The van der Waals surface area contributed by atoms with E-state index in [0.29, 0.717) is 6.04 Å². The van der Waals surface area contributed by atoms with E-state index in [1.807, 2.05) is 19.9 Å². The van der Waals surface area contributed by atoms with E-state index >= 15 is 0 Å². The van der Waals surface area contributed by atoms with Gasteiger partial charge >= 0.3 is 0 Å². The Morgan fingerprint density at radius 2 is 2.00 bits per heavy atom. The summed E-state index contributed by atoms with van der Waals surface area (Å²) in [5, 5.41) is 0. The second-order valence-corrected chi connectivity index (χ2v) is 4.07. The van der Waals surface area contributed by atoms with Crippen LogP contribution in [0.25, 0.3) is 0 Å². The monoisotopic (exact) mass is 209 g/mol. The quantitative estimate of drug-likeness (QED) is 0.638. The zero-order chi connectivity index (χ0) is 11.8. The Morgan fingerprint density at radius 1 is 1.40 bits per heavy atom. The first-order valence-corrected chi connectivity index (χ1v) is 6.21. The summed E-state index contributed by atoms with van der Waals surface area (Å²) in [7, 11) is 0. The van der Waals surface area contributed by atoms with Crippen LogP contribution >= 0.6 is 0 Å². The second-order valence-electron chi connectivity index (χ2n) is 4.07. The first-order chi connectivity index (χ1) is 7.19. The number of rotatable bonds is 3. The number of hydrogen-bond acceptors (Lipinski definition) is 1. The predicted molar refractivity (Wildman–Crippen MR) is 70.1 cm³/mol. The van der Waals surface area contributed by atoms with Gasteiger partial charge in [-0.1, -0.05) is 32.6 Å². The van der Waals surface area contributed by atoms with Crippen molar-refractivity contribution in [3.8, 4) is 0 Å². The summed E-state index contributed by atoms with van der Waals surface area (Å²) in [6, 6.07) is 0.688. The minimum absolute atomic E-state index is 0.688. The van der Waals surface area contributed by atoms with E-state index < -0.39 is 0 Å². The molecule has 1 rings (SSSR count). The number of nitrogens with zero attached hydrogens (tertiary/aromatic N) is 1. The molecule has 1 saturated heterocycles.